The van der Waals surface area contributed by atoms with Gasteiger partial charge in [-0.05, 0) is 22.2 Å². The predicted molar refractivity (Wildman–Crippen MR) is 226 cm³/mol. The molecule has 2 aromatic heterocycles. The molecule has 0 aromatic carbocycles. The van der Waals surface area contributed by atoms with E-state index in [0.29, 0.717) is 11.1 Å². The molecule has 1 fully saturated rings. The number of nitrogens with one attached hydrogen (secondary N) is 2. The molecule has 0 aliphatic carbocycles. The number of hydrogen-bond acceptors (Lipinski definition) is 12. The van der Waals surface area contributed by atoms with Crippen LogP contribution in [0.4, 0.5) is 19.1 Å². The van der Waals surface area contributed by atoms with E-state index in [1.807, 2.05) is 27.7 Å². The number of nitrogens with two attached hydrogens (primary N) is 1. The Kier molecular flexibility index (Phi) is 16.0. The minimum Gasteiger partial charge on any atom is -0.370 e. The van der Waals surface area contributed by atoms with Gasteiger partial charge in [0.2, 0.25) is 26.6 Å². The Bertz CT molecular complexity index is 1800. The van der Waals surface area contributed by atoms with Crippen molar-refractivity contribution in [2.75, 3.05) is 12.3 Å². The minimum atomic E-state index is -6.61. The number of hydrogen-bond donors (Lipinski definition) is 4. The number of sulfone groups is 1. The quantitative estimate of drug-likeness (QED) is 0.0622. The summed E-state index contributed by atoms with van der Waals surface area (Å²) < 4.78 is 91.8. The third kappa shape index (κ3) is 8.96. The van der Waals surface area contributed by atoms with Crippen LogP contribution in [0.25, 0.3) is 11.2 Å². The van der Waals surface area contributed by atoms with Crippen LogP contribution in [-0.4, -0.2) is 95.0 Å². The zero-order chi connectivity index (χ0) is 44.0. The van der Waals surface area contributed by atoms with Gasteiger partial charge in [0.1, 0.15) is 18.5 Å². The molecule has 0 unspecified atom stereocenters. The van der Waals surface area contributed by atoms with Crippen LogP contribution in [0, 0.1) is 0 Å². The number of aliphatic hydroxyl groups is 1. The number of anilines is 1. The Morgan fingerprint density at radius 3 is 1.65 bits per heavy atom. The Labute approximate surface area is 340 Å². The molecule has 0 amide bonds. The smallest absolute Gasteiger partial charge is 0.370 e. The monoisotopic (exact) mass is 903 g/mol. The Hall–Kier alpha value is -1.48. The van der Waals surface area contributed by atoms with Gasteiger partial charge in [-0.2, -0.15) is 18.2 Å². The summed E-state index contributed by atoms with van der Waals surface area (Å²) in [7, 11) is -16.2. The van der Waals surface area contributed by atoms with Crippen LogP contribution in [0.15, 0.2) is 4.79 Å². The molecular weight excluding hydrogens is 836 g/mol. The van der Waals surface area contributed by atoms with Crippen molar-refractivity contribution in [2.24, 2.45) is 0 Å². The van der Waals surface area contributed by atoms with Crippen LogP contribution >= 0.6 is 0 Å². The first-order valence-electron chi connectivity index (χ1n) is 20.1. The molecule has 1 aliphatic rings. The van der Waals surface area contributed by atoms with Gasteiger partial charge in [-0.15, -0.1) is 0 Å². The molecule has 2 aromatic rings. The summed E-state index contributed by atoms with van der Waals surface area (Å²) in [6, 6.07) is 0. The average Bonchev–Trinajstić information content (AvgIpc) is 3.59. The molecule has 0 radical (unpaired) electrons. The summed E-state index contributed by atoms with van der Waals surface area (Å²) in [6.45, 7) is 32.7. The van der Waals surface area contributed by atoms with Crippen LogP contribution in [0.1, 0.15) is 123 Å². The van der Waals surface area contributed by atoms with E-state index < -0.39 is 88.9 Å². The fourth-order valence-electron chi connectivity index (χ4n) is 10.2. The van der Waals surface area contributed by atoms with E-state index >= 15 is 0 Å². The van der Waals surface area contributed by atoms with Gasteiger partial charge in [0.05, 0.1) is 16.6 Å². The SMILES string of the molecule is CC(C)[SiH](C(C)C)[Si](OOC[C@H]1O[C@@H](c2nc3nc(N)[nH]c(=O)c3[nH]2)[C@](O)(S(=O)(=O)C(F)(F)F)[C@@H]1OO[Si](C(C)C)(C(C)C)[SiH](C(C)C)C(C)C)(C(C)C)C(C)C. The highest BCUT2D eigenvalue weighted by Crippen LogP contribution is 2.52. The third-order valence-electron chi connectivity index (χ3n) is 12.1. The molecule has 3 rings (SSSR count). The molecule has 57 heavy (non-hydrogen) atoms. The Morgan fingerprint density at radius 2 is 1.25 bits per heavy atom. The fraction of sp³-hybridized carbons (Fsp3) is 0.857. The van der Waals surface area contributed by atoms with Crippen LogP contribution in [0.3, 0.4) is 0 Å². The van der Waals surface area contributed by atoms with E-state index in [9.17, 15) is 31.5 Å². The standard InChI is InChI=1S/C35H68F3N5O9SSi4/c1-18(2)54(19(3)4)56(22(9)10,23(11)12)51-48-17-26-28(50-52-57(24(13)14,25(15)16)55(20(5)6)21(7)8)34(45,53(46,47)35(36,37)38)29(49-26)31-40-27-30(41-31)42-33(39)43-32(27)44/h18-26,28-29,45,54-55H,17H2,1-16H3,(H4,39,40,41,42,43,44)/t26-,28-,29+,34-/m1/s1. The number of aromatic nitrogens is 4. The van der Waals surface area contributed by atoms with Crippen molar-refractivity contribution in [1.82, 2.24) is 19.9 Å². The van der Waals surface area contributed by atoms with Crippen LogP contribution in [-0.2, 0) is 33.5 Å². The number of rotatable bonds is 19. The molecule has 5 N–H and O–H groups in total. The average molecular weight is 904 g/mol. The van der Waals surface area contributed by atoms with Crippen molar-refractivity contribution in [1.29, 1.82) is 0 Å². The maximum atomic E-state index is 14.9. The molecule has 1 aliphatic heterocycles. The highest BCUT2D eigenvalue weighted by Gasteiger charge is 2.74. The van der Waals surface area contributed by atoms with Crippen molar-refractivity contribution < 1.29 is 50.4 Å². The number of nitrogens with zero attached hydrogens (tertiary/aromatic N) is 2. The lowest BCUT2D eigenvalue weighted by Gasteiger charge is -2.47. The highest BCUT2D eigenvalue weighted by molar-refractivity contribution is 7.93. The summed E-state index contributed by atoms with van der Waals surface area (Å²) in [5.74, 6) is -0.978. The van der Waals surface area contributed by atoms with Gasteiger partial charge in [0, 0.05) is 0 Å². The first-order valence-corrected chi connectivity index (χ1v) is 32.0. The van der Waals surface area contributed by atoms with E-state index in [2.05, 4.69) is 103 Å². The van der Waals surface area contributed by atoms with Gasteiger partial charge in [0.15, 0.2) is 23.4 Å². The topological polar surface area (TPSA) is 201 Å². The normalized spacial score (nSPS) is 22.0. The number of H-pyrrole nitrogens is 2. The van der Waals surface area contributed by atoms with Gasteiger partial charge < -0.3 is 20.6 Å². The second-order valence-electron chi connectivity index (χ2n) is 18.3. The van der Waals surface area contributed by atoms with E-state index in [-0.39, 0.29) is 50.4 Å². The summed E-state index contributed by atoms with van der Waals surface area (Å²) >= 11 is 0. The molecule has 4 atom stereocenters. The zero-order valence-electron chi connectivity index (χ0n) is 36.4. The molecule has 0 saturated carbocycles. The maximum absolute atomic E-state index is 14.9. The van der Waals surface area contributed by atoms with Crippen LogP contribution in [0.2, 0.25) is 44.3 Å². The number of imidazole rings is 1. The minimum absolute atomic E-state index is 0.0837. The summed E-state index contributed by atoms with van der Waals surface area (Å²) in [6.07, 6.45) is -6.45. The summed E-state index contributed by atoms with van der Waals surface area (Å²) in [5, 5.41) is 12.5. The van der Waals surface area contributed by atoms with E-state index in [1.165, 1.54) is 0 Å². The van der Waals surface area contributed by atoms with Crippen molar-refractivity contribution in [3.8, 4) is 0 Å². The van der Waals surface area contributed by atoms with Crippen LogP contribution < -0.4 is 11.3 Å². The molecule has 0 bridgehead atoms. The lowest BCUT2D eigenvalue weighted by Crippen LogP contribution is -2.64. The molecule has 1 saturated heterocycles. The number of nitrogen functional groups attached to an aromatic ring is 1. The van der Waals surface area contributed by atoms with E-state index in [1.54, 1.807) is 0 Å². The van der Waals surface area contributed by atoms with Gasteiger partial charge >= 0.3 is 5.51 Å². The number of ether oxygens (including phenoxy) is 1. The molecule has 14 nitrogen and oxygen atoms in total. The Balaban J connectivity index is 2.34. The number of halogens is 3. The van der Waals surface area contributed by atoms with Crippen molar-refractivity contribution in [2.45, 2.75) is 184 Å². The predicted octanol–water partition coefficient (Wildman–Crippen LogP) is 7.34. The highest BCUT2D eigenvalue weighted by atomic mass is 32.2. The number of alkyl halides is 3. The lowest BCUT2D eigenvalue weighted by molar-refractivity contribution is -0.300. The summed E-state index contributed by atoms with van der Waals surface area (Å²) in [5.41, 5.74) is -0.854. The van der Waals surface area contributed by atoms with E-state index in [0.717, 1.165) is 0 Å². The molecular formula is C35H68F3N5O9SSi4. The van der Waals surface area contributed by atoms with Crippen LogP contribution in [0.5, 0.6) is 0 Å². The molecule has 330 valence electrons. The Morgan fingerprint density at radius 1 is 0.807 bits per heavy atom. The number of fused-ring (bicyclic) bond motifs is 1. The van der Waals surface area contributed by atoms with Crippen molar-refractivity contribution in [3.05, 3.63) is 16.2 Å². The first kappa shape index (κ1) is 49.9. The largest absolute Gasteiger partial charge is 0.500 e. The van der Waals surface area contributed by atoms with E-state index in [4.69, 9.17) is 29.4 Å². The molecule has 22 heteroatoms. The van der Waals surface area contributed by atoms with Gasteiger partial charge in [-0.3, -0.25) is 18.9 Å². The number of aromatic amines is 2. The maximum Gasteiger partial charge on any atom is 0.500 e. The van der Waals surface area contributed by atoms with Gasteiger partial charge in [0.25, 0.3) is 15.4 Å². The summed E-state index contributed by atoms with van der Waals surface area (Å²) in [4.78, 5) is 33.9. The van der Waals surface area contributed by atoms with Crippen molar-refractivity contribution in [3.63, 3.8) is 0 Å². The third-order valence-corrected chi connectivity index (χ3v) is 52.7. The molecule has 3 heterocycles. The first-order chi connectivity index (χ1) is 26.0. The zero-order valence-corrected chi connectivity index (χ0v) is 41.6. The van der Waals surface area contributed by atoms with Gasteiger partial charge in [-0.25, -0.2) is 23.2 Å². The second-order valence-corrected chi connectivity index (χ2v) is 45.7. The lowest BCUT2D eigenvalue weighted by atomic mass is 10.1. The molecule has 0 spiro atoms. The van der Waals surface area contributed by atoms with Gasteiger partial charge in [-0.1, -0.05) is 133 Å². The fourth-order valence-corrected chi connectivity index (χ4v) is 48.8. The second kappa shape index (κ2) is 18.2. The van der Waals surface area contributed by atoms with Crippen molar-refractivity contribution >= 4 is 59.2 Å².